The number of aryl methyl sites for hydroxylation is 1. The predicted octanol–water partition coefficient (Wildman–Crippen LogP) is 3.63. The second kappa shape index (κ2) is 5.62. The zero-order valence-electron chi connectivity index (χ0n) is 12.0. The lowest BCUT2D eigenvalue weighted by atomic mass is 10.0. The van der Waals surface area contributed by atoms with Gasteiger partial charge in [-0.2, -0.15) is 5.26 Å². The van der Waals surface area contributed by atoms with E-state index in [1.807, 2.05) is 49.4 Å². The molecule has 0 spiro atoms. The maximum absolute atomic E-state index is 9.14. The number of H-pyrrole nitrogens is 1. The Morgan fingerprint density at radius 2 is 1.95 bits per heavy atom. The molecule has 3 rings (SSSR count). The molecule has 0 saturated carbocycles. The van der Waals surface area contributed by atoms with Crippen molar-refractivity contribution in [1.29, 1.82) is 5.26 Å². The molecule has 0 atom stereocenters. The van der Waals surface area contributed by atoms with E-state index in [1.165, 1.54) is 0 Å². The Hall–Kier alpha value is -3.26. The summed E-state index contributed by atoms with van der Waals surface area (Å²) in [6, 6.07) is 15.2. The van der Waals surface area contributed by atoms with E-state index < -0.39 is 0 Å². The molecule has 0 amide bonds. The summed E-state index contributed by atoms with van der Waals surface area (Å²) in [6.07, 6.45) is 1.73. The van der Waals surface area contributed by atoms with Crippen LogP contribution in [0.2, 0.25) is 0 Å². The lowest BCUT2D eigenvalue weighted by Gasteiger charge is -2.06. The highest BCUT2D eigenvalue weighted by Gasteiger charge is 2.10. The highest BCUT2D eigenvalue weighted by atomic mass is 16.5. The number of anilines is 1. The zero-order chi connectivity index (χ0) is 15.5. The van der Waals surface area contributed by atoms with Crippen molar-refractivity contribution in [3.8, 4) is 28.8 Å². The van der Waals surface area contributed by atoms with Gasteiger partial charge in [-0.25, -0.2) is 4.98 Å². The minimum atomic E-state index is 0.377. The summed E-state index contributed by atoms with van der Waals surface area (Å²) in [4.78, 5) is 7.15. The Bertz CT molecular complexity index is 844. The maximum atomic E-state index is 9.14. The molecule has 0 radical (unpaired) electrons. The van der Waals surface area contributed by atoms with Gasteiger partial charge in [-0.15, -0.1) is 0 Å². The van der Waals surface area contributed by atoms with Crippen LogP contribution in [0.5, 0.6) is 11.6 Å². The van der Waals surface area contributed by atoms with Crippen LogP contribution in [0.3, 0.4) is 0 Å². The number of nitrogens with one attached hydrogen (secondary N) is 1. The van der Waals surface area contributed by atoms with E-state index in [9.17, 15) is 0 Å². The van der Waals surface area contributed by atoms with Crippen molar-refractivity contribution in [2.24, 2.45) is 0 Å². The van der Waals surface area contributed by atoms with Gasteiger partial charge in [-0.05, 0) is 30.7 Å². The summed E-state index contributed by atoms with van der Waals surface area (Å²) in [5, 5.41) is 9.14. The van der Waals surface area contributed by atoms with Gasteiger partial charge in [0.05, 0.1) is 0 Å². The highest BCUT2D eigenvalue weighted by Crippen LogP contribution is 2.29. The van der Waals surface area contributed by atoms with E-state index in [-0.39, 0.29) is 0 Å². The van der Waals surface area contributed by atoms with Crippen LogP contribution in [-0.4, -0.2) is 9.97 Å². The third-order valence-corrected chi connectivity index (χ3v) is 3.27. The van der Waals surface area contributed by atoms with Gasteiger partial charge in [-0.1, -0.05) is 18.2 Å². The number of aromatic nitrogens is 2. The Labute approximate surface area is 128 Å². The number of nitrogens with two attached hydrogens (primary N) is 1. The molecule has 108 valence electrons. The van der Waals surface area contributed by atoms with Crippen LogP contribution in [0.1, 0.15) is 11.3 Å². The molecule has 22 heavy (non-hydrogen) atoms. The number of rotatable bonds is 3. The first-order chi connectivity index (χ1) is 10.7. The van der Waals surface area contributed by atoms with Gasteiger partial charge in [0.15, 0.2) is 0 Å². The van der Waals surface area contributed by atoms with Gasteiger partial charge in [-0.3, -0.25) is 0 Å². The van der Waals surface area contributed by atoms with Gasteiger partial charge in [0, 0.05) is 23.5 Å². The van der Waals surface area contributed by atoms with Crippen LogP contribution in [0.4, 0.5) is 5.82 Å². The lowest BCUT2D eigenvalue weighted by molar-refractivity contribution is 0.462. The van der Waals surface area contributed by atoms with Crippen LogP contribution in [0.15, 0.2) is 48.7 Å². The van der Waals surface area contributed by atoms with Gasteiger partial charge in [0.25, 0.3) is 0 Å². The smallest absolute Gasteiger partial charge is 0.219 e. The number of nitriles is 1. The molecule has 5 heteroatoms. The number of ether oxygens (including phenoxy) is 1. The maximum Gasteiger partial charge on any atom is 0.219 e. The molecule has 2 heterocycles. The molecule has 3 N–H and O–H groups in total. The Kier molecular flexibility index (Phi) is 3.50. The minimum Gasteiger partial charge on any atom is -0.439 e. The van der Waals surface area contributed by atoms with Gasteiger partial charge in [0.2, 0.25) is 5.88 Å². The average molecular weight is 290 g/mol. The number of nitrogens with zero attached hydrogens (tertiary/aromatic N) is 2. The van der Waals surface area contributed by atoms with Crippen molar-refractivity contribution >= 4 is 5.82 Å². The zero-order valence-corrected chi connectivity index (χ0v) is 12.0. The monoisotopic (exact) mass is 290 g/mol. The molecule has 0 unspecified atom stereocenters. The van der Waals surface area contributed by atoms with Crippen LogP contribution in [0.25, 0.3) is 11.1 Å². The molecule has 1 aromatic carbocycles. The fraction of sp³-hybridized carbons (Fsp3) is 0.0588. The van der Waals surface area contributed by atoms with E-state index in [2.05, 4.69) is 16.0 Å². The number of benzene rings is 1. The lowest BCUT2D eigenvalue weighted by Crippen LogP contribution is -1.90. The number of nitrogen functional groups attached to an aromatic ring is 1. The molecule has 2 aromatic heterocycles. The van der Waals surface area contributed by atoms with Gasteiger partial charge >= 0.3 is 0 Å². The van der Waals surface area contributed by atoms with Crippen LogP contribution < -0.4 is 10.5 Å². The van der Waals surface area contributed by atoms with Crippen molar-refractivity contribution < 1.29 is 4.74 Å². The van der Waals surface area contributed by atoms with E-state index in [0.29, 0.717) is 23.0 Å². The van der Waals surface area contributed by atoms with Gasteiger partial charge < -0.3 is 15.5 Å². The molecule has 0 aliphatic rings. The first-order valence-electron chi connectivity index (χ1n) is 6.76. The predicted molar refractivity (Wildman–Crippen MR) is 84.4 cm³/mol. The molecular formula is C17H14N4O. The summed E-state index contributed by atoms with van der Waals surface area (Å²) in [5.74, 6) is 1.61. The van der Waals surface area contributed by atoms with E-state index >= 15 is 0 Å². The van der Waals surface area contributed by atoms with Crippen molar-refractivity contribution in [1.82, 2.24) is 9.97 Å². The minimum absolute atomic E-state index is 0.377. The fourth-order valence-corrected chi connectivity index (χ4v) is 2.19. The van der Waals surface area contributed by atoms with Gasteiger partial charge in [0.1, 0.15) is 23.2 Å². The molecule has 0 bridgehead atoms. The first kappa shape index (κ1) is 13.7. The molecule has 0 saturated heterocycles. The summed E-state index contributed by atoms with van der Waals surface area (Å²) < 4.78 is 5.70. The highest BCUT2D eigenvalue weighted by molar-refractivity contribution is 5.76. The van der Waals surface area contributed by atoms with Crippen molar-refractivity contribution in [2.75, 3.05) is 5.73 Å². The number of aromatic amines is 1. The first-order valence-corrected chi connectivity index (χ1v) is 6.76. The second-order valence-corrected chi connectivity index (χ2v) is 4.85. The number of pyridine rings is 1. The van der Waals surface area contributed by atoms with Crippen LogP contribution in [0, 0.1) is 18.3 Å². The Morgan fingerprint density at radius 3 is 2.64 bits per heavy atom. The third-order valence-electron chi connectivity index (χ3n) is 3.27. The molecule has 0 fully saturated rings. The van der Waals surface area contributed by atoms with Crippen molar-refractivity contribution in [3.05, 3.63) is 59.9 Å². The fourth-order valence-electron chi connectivity index (χ4n) is 2.19. The van der Waals surface area contributed by atoms with E-state index in [1.54, 1.807) is 6.20 Å². The summed E-state index contributed by atoms with van der Waals surface area (Å²) in [5.41, 5.74) is 8.75. The summed E-state index contributed by atoms with van der Waals surface area (Å²) in [6.45, 7) is 1.91. The average Bonchev–Trinajstić information content (AvgIpc) is 2.89. The Balaban J connectivity index is 1.85. The standard InChI is InChI=1S/C17H14N4O/c1-11-3-2-4-16(21-11)22-13-7-5-12(6-8-13)15-10-20-17(19)14(15)9-18/h2-8,10,20H,19H2,1H3. The quantitative estimate of drug-likeness (QED) is 0.771. The van der Waals surface area contributed by atoms with Crippen molar-refractivity contribution in [3.63, 3.8) is 0 Å². The van der Waals surface area contributed by atoms with Crippen LogP contribution in [-0.2, 0) is 0 Å². The molecule has 0 aliphatic carbocycles. The second-order valence-electron chi connectivity index (χ2n) is 4.85. The van der Waals surface area contributed by atoms with Crippen LogP contribution >= 0.6 is 0 Å². The molecule has 5 nitrogen and oxygen atoms in total. The molecule has 0 aliphatic heterocycles. The third kappa shape index (κ3) is 2.63. The largest absolute Gasteiger partial charge is 0.439 e. The number of hydrogen-bond donors (Lipinski definition) is 2. The topological polar surface area (TPSA) is 87.7 Å². The molecular weight excluding hydrogens is 276 g/mol. The van der Waals surface area contributed by atoms with E-state index in [0.717, 1.165) is 16.8 Å². The SMILES string of the molecule is Cc1cccc(Oc2ccc(-c3c[nH]c(N)c3C#N)cc2)n1. The molecule has 3 aromatic rings. The number of hydrogen-bond acceptors (Lipinski definition) is 4. The van der Waals surface area contributed by atoms with E-state index in [4.69, 9.17) is 15.7 Å². The summed E-state index contributed by atoms with van der Waals surface area (Å²) >= 11 is 0. The Morgan fingerprint density at radius 1 is 1.18 bits per heavy atom. The normalized spacial score (nSPS) is 10.2. The summed E-state index contributed by atoms with van der Waals surface area (Å²) in [7, 11) is 0. The van der Waals surface area contributed by atoms with Crippen molar-refractivity contribution in [2.45, 2.75) is 6.92 Å².